The van der Waals surface area contributed by atoms with Gasteiger partial charge in [0.15, 0.2) is 11.9 Å². The van der Waals surface area contributed by atoms with Gasteiger partial charge in [0.05, 0.1) is 5.56 Å². The quantitative estimate of drug-likeness (QED) is 0.637. The van der Waals surface area contributed by atoms with Gasteiger partial charge in [0.1, 0.15) is 11.3 Å². The van der Waals surface area contributed by atoms with E-state index in [2.05, 4.69) is 5.16 Å². The van der Waals surface area contributed by atoms with Crippen molar-refractivity contribution >= 4 is 16.7 Å². The molecule has 1 aliphatic rings. The molecule has 1 unspecified atom stereocenters. The molecule has 0 saturated carbocycles. The molecule has 0 saturated heterocycles. The fourth-order valence-corrected chi connectivity index (χ4v) is 2.71. The number of fused-ring (bicyclic) bond motifs is 1. The van der Waals surface area contributed by atoms with Gasteiger partial charge in [-0.05, 0) is 29.8 Å². The summed E-state index contributed by atoms with van der Waals surface area (Å²) in [5.41, 5.74) is 1.38. The zero-order chi connectivity index (χ0) is 16.7. The Balaban J connectivity index is 1.53. The Labute approximate surface area is 135 Å². The lowest BCUT2D eigenvalue weighted by Gasteiger charge is -2.10. The van der Waals surface area contributed by atoms with Crippen LogP contribution in [0.5, 0.6) is 0 Å². The third-order valence-electron chi connectivity index (χ3n) is 3.99. The van der Waals surface area contributed by atoms with E-state index in [-0.39, 0.29) is 0 Å². The maximum Gasteiger partial charge on any atom is 0.416 e. The van der Waals surface area contributed by atoms with Crippen LogP contribution in [0.1, 0.15) is 29.4 Å². The summed E-state index contributed by atoms with van der Waals surface area (Å²) in [7, 11) is 0. The highest BCUT2D eigenvalue weighted by Gasteiger charge is 2.31. The van der Waals surface area contributed by atoms with Crippen molar-refractivity contribution in [2.75, 3.05) is 0 Å². The van der Waals surface area contributed by atoms with Crippen LogP contribution in [-0.4, -0.2) is 5.71 Å². The number of benzene rings is 2. The Morgan fingerprint density at radius 2 is 1.75 bits per heavy atom. The van der Waals surface area contributed by atoms with Gasteiger partial charge in [-0.25, -0.2) is 0 Å². The van der Waals surface area contributed by atoms with Gasteiger partial charge >= 0.3 is 6.18 Å². The van der Waals surface area contributed by atoms with Gasteiger partial charge in [-0.2, -0.15) is 13.2 Å². The van der Waals surface area contributed by atoms with Gasteiger partial charge in [-0.3, -0.25) is 0 Å². The summed E-state index contributed by atoms with van der Waals surface area (Å²) < 4.78 is 43.6. The van der Waals surface area contributed by atoms with E-state index in [1.807, 2.05) is 30.3 Å². The summed E-state index contributed by atoms with van der Waals surface area (Å²) >= 11 is 0. The van der Waals surface area contributed by atoms with Crippen LogP contribution in [0.15, 0.2) is 64.2 Å². The highest BCUT2D eigenvalue weighted by Crippen LogP contribution is 2.34. The zero-order valence-corrected chi connectivity index (χ0v) is 12.4. The SMILES string of the molecule is FC(F)(F)c1ccc(C2CC(c3cc4ccccc4o3)=NO2)cc1. The number of hydrogen-bond donors (Lipinski definition) is 0. The smallest absolute Gasteiger partial charge is 0.416 e. The topological polar surface area (TPSA) is 34.7 Å². The Morgan fingerprint density at radius 1 is 1.00 bits per heavy atom. The van der Waals surface area contributed by atoms with Crippen LogP contribution in [0.2, 0.25) is 0 Å². The van der Waals surface area contributed by atoms with Crippen LogP contribution in [0, 0.1) is 0 Å². The molecule has 2 heterocycles. The fraction of sp³-hybridized carbons (Fsp3) is 0.167. The molecule has 0 fully saturated rings. The summed E-state index contributed by atoms with van der Waals surface area (Å²) in [4.78, 5) is 5.37. The molecule has 0 radical (unpaired) electrons. The van der Waals surface area contributed by atoms with E-state index in [9.17, 15) is 13.2 Å². The molecule has 3 aromatic rings. The minimum Gasteiger partial charge on any atom is -0.455 e. The van der Waals surface area contributed by atoms with Crippen molar-refractivity contribution in [2.24, 2.45) is 5.16 Å². The number of oxime groups is 1. The van der Waals surface area contributed by atoms with Crippen LogP contribution in [0.25, 0.3) is 11.0 Å². The largest absolute Gasteiger partial charge is 0.455 e. The standard InChI is InChI=1S/C18H12F3NO2/c19-18(20,21)13-7-5-11(6-8-13)16-10-14(22-24-16)17-9-12-3-1-2-4-15(12)23-17/h1-9,16H,10H2. The minimum absolute atomic E-state index is 0.407. The molecule has 1 aromatic heterocycles. The number of halogens is 3. The van der Waals surface area contributed by atoms with Crippen molar-refractivity contribution in [1.82, 2.24) is 0 Å². The van der Waals surface area contributed by atoms with E-state index < -0.39 is 17.8 Å². The number of nitrogens with zero attached hydrogens (tertiary/aromatic N) is 1. The number of alkyl halides is 3. The molecule has 1 atom stereocenters. The molecule has 24 heavy (non-hydrogen) atoms. The van der Waals surface area contributed by atoms with Gasteiger partial charge in [-0.1, -0.05) is 35.5 Å². The van der Waals surface area contributed by atoms with Crippen LogP contribution >= 0.6 is 0 Å². The highest BCUT2D eigenvalue weighted by atomic mass is 19.4. The van der Waals surface area contributed by atoms with E-state index in [4.69, 9.17) is 9.25 Å². The van der Waals surface area contributed by atoms with E-state index in [1.54, 1.807) is 0 Å². The molecule has 2 aromatic carbocycles. The minimum atomic E-state index is -4.34. The highest BCUT2D eigenvalue weighted by molar-refractivity contribution is 6.02. The van der Waals surface area contributed by atoms with Crippen molar-refractivity contribution in [3.63, 3.8) is 0 Å². The first-order chi connectivity index (χ1) is 11.5. The second-order valence-electron chi connectivity index (χ2n) is 5.60. The van der Waals surface area contributed by atoms with Crippen molar-refractivity contribution in [2.45, 2.75) is 18.7 Å². The normalized spacial score (nSPS) is 17.8. The molecule has 4 rings (SSSR count). The molecule has 0 aliphatic carbocycles. The molecule has 1 aliphatic heterocycles. The van der Waals surface area contributed by atoms with Crippen molar-refractivity contribution in [3.8, 4) is 0 Å². The van der Waals surface area contributed by atoms with E-state index >= 15 is 0 Å². The Bertz CT molecular complexity index is 877. The average molecular weight is 331 g/mol. The Hall–Kier alpha value is -2.76. The Morgan fingerprint density at radius 3 is 2.46 bits per heavy atom. The predicted molar refractivity (Wildman–Crippen MR) is 82.6 cm³/mol. The van der Waals surface area contributed by atoms with Crippen LogP contribution in [0.4, 0.5) is 13.2 Å². The summed E-state index contributed by atoms with van der Waals surface area (Å²) in [5, 5.41) is 5.00. The molecule has 3 nitrogen and oxygen atoms in total. The van der Waals surface area contributed by atoms with Crippen LogP contribution < -0.4 is 0 Å². The molecule has 0 N–H and O–H groups in total. The number of furan rings is 1. The monoisotopic (exact) mass is 331 g/mol. The summed E-state index contributed by atoms with van der Waals surface area (Å²) in [6.45, 7) is 0. The molecule has 6 heteroatoms. The first kappa shape index (κ1) is 14.8. The first-order valence-corrected chi connectivity index (χ1v) is 7.39. The lowest BCUT2D eigenvalue weighted by molar-refractivity contribution is -0.137. The summed E-state index contributed by atoms with van der Waals surface area (Å²) in [6.07, 6.45) is -4.30. The third-order valence-corrected chi connectivity index (χ3v) is 3.99. The van der Waals surface area contributed by atoms with Crippen molar-refractivity contribution in [1.29, 1.82) is 0 Å². The van der Waals surface area contributed by atoms with Crippen molar-refractivity contribution < 1.29 is 22.4 Å². The van der Waals surface area contributed by atoms with Gasteiger partial charge in [0.25, 0.3) is 0 Å². The summed E-state index contributed by atoms with van der Waals surface area (Å²) in [5.74, 6) is 0.616. The van der Waals surface area contributed by atoms with E-state index in [1.165, 1.54) is 12.1 Å². The van der Waals surface area contributed by atoms with Gasteiger partial charge < -0.3 is 9.25 Å². The number of hydrogen-bond acceptors (Lipinski definition) is 3. The van der Waals surface area contributed by atoms with E-state index in [0.717, 1.165) is 23.1 Å². The number of rotatable bonds is 2. The predicted octanol–water partition coefficient (Wildman–Crippen LogP) is 5.32. The Kier molecular flexibility index (Phi) is 3.33. The lowest BCUT2D eigenvalue weighted by Crippen LogP contribution is -2.06. The van der Waals surface area contributed by atoms with Gasteiger partial charge in [0.2, 0.25) is 0 Å². The molecule has 0 bridgehead atoms. The molecule has 0 amide bonds. The van der Waals surface area contributed by atoms with Gasteiger partial charge in [-0.15, -0.1) is 0 Å². The second kappa shape index (κ2) is 5.40. The zero-order valence-electron chi connectivity index (χ0n) is 12.4. The van der Waals surface area contributed by atoms with E-state index in [0.29, 0.717) is 23.5 Å². The number of para-hydroxylation sites is 1. The fourth-order valence-electron chi connectivity index (χ4n) is 2.71. The van der Waals surface area contributed by atoms with Crippen LogP contribution in [-0.2, 0) is 11.0 Å². The van der Waals surface area contributed by atoms with Gasteiger partial charge in [0, 0.05) is 11.8 Å². The average Bonchev–Trinajstić information content (AvgIpc) is 3.21. The molecule has 0 spiro atoms. The lowest BCUT2D eigenvalue weighted by atomic mass is 10.0. The third kappa shape index (κ3) is 2.64. The van der Waals surface area contributed by atoms with Crippen molar-refractivity contribution in [3.05, 3.63) is 71.5 Å². The first-order valence-electron chi connectivity index (χ1n) is 7.39. The molecular weight excluding hydrogens is 319 g/mol. The maximum atomic E-state index is 12.6. The van der Waals surface area contributed by atoms with Crippen LogP contribution in [0.3, 0.4) is 0 Å². The molecular formula is C18H12F3NO2. The molecule has 122 valence electrons. The second-order valence-corrected chi connectivity index (χ2v) is 5.60. The maximum absolute atomic E-state index is 12.6. The summed E-state index contributed by atoms with van der Waals surface area (Å²) in [6, 6.07) is 14.4.